The van der Waals surface area contributed by atoms with Gasteiger partial charge in [-0.1, -0.05) is 12.8 Å². The molecule has 0 heterocycles. The van der Waals surface area contributed by atoms with Crippen molar-refractivity contribution in [1.29, 1.82) is 5.26 Å². The van der Waals surface area contributed by atoms with E-state index in [0.717, 1.165) is 12.5 Å². The van der Waals surface area contributed by atoms with Crippen molar-refractivity contribution in [3.05, 3.63) is 0 Å². The molecule has 0 radical (unpaired) electrons. The summed E-state index contributed by atoms with van der Waals surface area (Å²) in [4.78, 5) is 2.32. The third-order valence-electron chi connectivity index (χ3n) is 3.01. The second-order valence-corrected chi connectivity index (χ2v) is 5.34. The number of hydrogen-bond acceptors (Lipinski definition) is 2. The molecule has 0 aliphatic heterocycles. The molecule has 0 amide bonds. The van der Waals surface area contributed by atoms with Crippen LogP contribution in [0.2, 0.25) is 0 Å². The summed E-state index contributed by atoms with van der Waals surface area (Å²) in [6, 6.07) is 2.36. The smallest absolute Gasteiger partial charge is 0.0697 e. The number of nitrogens with zero attached hydrogens (tertiary/aromatic N) is 2. The van der Waals surface area contributed by atoms with Crippen molar-refractivity contribution in [1.82, 2.24) is 4.90 Å². The van der Waals surface area contributed by atoms with Crippen LogP contribution in [-0.4, -0.2) is 25.0 Å². The molecule has 0 unspecified atom stereocenters. The third-order valence-corrected chi connectivity index (χ3v) is 3.01. The average Bonchev–Trinajstić information content (AvgIpc) is 2.55. The topological polar surface area (TPSA) is 27.0 Å². The maximum Gasteiger partial charge on any atom is 0.0697 e. The molecule has 0 aromatic heterocycles. The Bertz CT molecular complexity index is 209. The Kier molecular flexibility index (Phi) is 3.95. The summed E-state index contributed by atoms with van der Waals surface area (Å²) in [6.45, 7) is 6.08. The van der Waals surface area contributed by atoms with E-state index in [1.807, 2.05) is 13.8 Å². The lowest BCUT2D eigenvalue weighted by Crippen LogP contribution is -2.33. The fraction of sp³-hybridized carbons (Fsp3) is 0.917. The van der Waals surface area contributed by atoms with Crippen LogP contribution in [0.1, 0.15) is 39.5 Å². The Morgan fingerprint density at radius 1 is 1.36 bits per heavy atom. The van der Waals surface area contributed by atoms with Crippen LogP contribution < -0.4 is 0 Å². The van der Waals surface area contributed by atoms with Crippen LogP contribution in [0.4, 0.5) is 0 Å². The predicted molar refractivity (Wildman–Crippen MR) is 58.8 cm³/mol. The van der Waals surface area contributed by atoms with Crippen molar-refractivity contribution < 1.29 is 0 Å². The monoisotopic (exact) mass is 194 g/mol. The van der Waals surface area contributed by atoms with Gasteiger partial charge in [-0.2, -0.15) is 5.26 Å². The van der Waals surface area contributed by atoms with Crippen LogP contribution in [0.15, 0.2) is 0 Å². The third kappa shape index (κ3) is 3.67. The summed E-state index contributed by atoms with van der Waals surface area (Å²) < 4.78 is 0. The molecule has 1 fully saturated rings. The van der Waals surface area contributed by atoms with Crippen LogP contribution in [-0.2, 0) is 0 Å². The van der Waals surface area contributed by atoms with Crippen LogP contribution >= 0.6 is 0 Å². The highest BCUT2D eigenvalue weighted by Crippen LogP contribution is 2.26. The lowest BCUT2D eigenvalue weighted by Gasteiger charge is -2.26. The van der Waals surface area contributed by atoms with Crippen LogP contribution in [0, 0.1) is 22.7 Å². The zero-order valence-corrected chi connectivity index (χ0v) is 9.71. The van der Waals surface area contributed by atoms with E-state index in [1.165, 1.54) is 32.2 Å². The quantitative estimate of drug-likeness (QED) is 0.688. The molecule has 2 nitrogen and oxygen atoms in total. The van der Waals surface area contributed by atoms with Crippen molar-refractivity contribution in [3.63, 3.8) is 0 Å². The predicted octanol–water partition coefficient (Wildman–Crippen LogP) is 2.66. The number of rotatable bonds is 4. The highest BCUT2D eigenvalue weighted by atomic mass is 15.1. The second kappa shape index (κ2) is 4.79. The first-order chi connectivity index (χ1) is 6.53. The summed E-state index contributed by atoms with van der Waals surface area (Å²) >= 11 is 0. The lowest BCUT2D eigenvalue weighted by molar-refractivity contribution is 0.222. The fourth-order valence-corrected chi connectivity index (χ4v) is 2.41. The van der Waals surface area contributed by atoms with Gasteiger partial charge in [0.25, 0.3) is 0 Å². The van der Waals surface area contributed by atoms with Crippen molar-refractivity contribution in [2.75, 3.05) is 20.1 Å². The number of hydrogen-bond donors (Lipinski definition) is 0. The van der Waals surface area contributed by atoms with Crippen LogP contribution in [0.3, 0.4) is 0 Å². The van der Waals surface area contributed by atoms with Gasteiger partial charge in [0.2, 0.25) is 0 Å². The first kappa shape index (κ1) is 11.5. The van der Waals surface area contributed by atoms with Gasteiger partial charge < -0.3 is 4.90 Å². The minimum absolute atomic E-state index is 0.201. The van der Waals surface area contributed by atoms with E-state index >= 15 is 0 Å². The first-order valence-corrected chi connectivity index (χ1v) is 5.63. The van der Waals surface area contributed by atoms with E-state index in [1.54, 1.807) is 0 Å². The molecular weight excluding hydrogens is 172 g/mol. The van der Waals surface area contributed by atoms with E-state index in [4.69, 9.17) is 5.26 Å². The van der Waals surface area contributed by atoms with Crippen molar-refractivity contribution in [3.8, 4) is 6.07 Å². The summed E-state index contributed by atoms with van der Waals surface area (Å²) in [7, 11) is 2.14. The van der Waals surface area contributed by atoms with Crippen molar-refractivity contribution >= 4 is 0 Å². The molecule has 0 saturated heterocycles. The molecule has 0 aromatic rings. The highest BCUT2D eigenvalue weighted by Gasteiger charge is 2.22. The summed E-state index contributed by atoms with van der Waals surface area (Å²) in [5.74, 6) is 0.884. The Balaban J connectivity index is 2.28. The second-order valence-electron chi connectivity index (χ2n) is 5.34. The molecule has 0 spiro atoms. The molecule has 0 N–H and O–H groups in total. The zero-order chi connectivity index (χ0) is 10.6. The molecule has 14 heavy (non-hydrogen) atoms. The largest absolute Gasteiger partial charge is 0.305 e. The summed E-state index contributed by atoms with van der Waals surface area (Å²) in [5, 5.41) is 8.93. The minimum Gasteiger partial charge on any atom is -0.305 e. The van der Waals surface area contributed by atoms with E-state index in [2.05, 4.69) is 18.0 Å². The SMILES string of the molecule is CN(CC1CCCC1)CC(C)(C)C#N. The maximum absolute atomic E-state index is 8.93. The Hall–Kier alpha value is -0.550. The molecule has 1 saturated carbocycles. The maximum atomic E-state index is 8.93. The van der Waals surface area contributed by atoms with Crippen molar-refractivity contribution in [2.45, 2.75) is 39.5 Å². The molecule has 1 rings (SSSR count). The van der Waals surface area contributed by atoms with Gasteiger partial charge in [-0.3, -0.25) is 0 Å². The Morgan fingerprint density at radius 3 is 2.43 bits per heavy atom. The van der Waals surface area contributed by atoms with E-state index in [-0.39, 0.29) is 5.41 Å². The summed E-state index contributed by atoms with van der Waals surface area (Å²) in [5.41, 5.74) is -0.201. The molecule has 2 heteroatoms. The van der Waals surface area contributed by atoms with Gasteiger partial charge in [0, 0.05) is 13.1 Å². The van der Waals surface area contributed by atoms with Gasteiger partial charge in [0.15, 0.2) is 0 Å². The molecule has 0 aromatic carbocycles. The van der Waals surface area contributed by atoms with Gasteiger partial charge in [0.05, 0.1) is 11.5 Å². The molecule has 0 atom stereocenters. The zero-order valence-electron chi connectivity index (χ0n) is 9.71. The highest BCUT2D eigenvalue weighted by molar-refractivity contribution is 4.93. The molecule has 80 valence electrons. The molecule has 1 aliphatic carbocycles. The molecular formula is C12H22N2. The van der Waals surface area contributed by atoms with E-state index in [0.29, 0.717) is 0 Å². The van der Waals surface area contributed by atoms with Crippen molar-refractivity contribution in [2.24, 2.45) is 11.3 Å². The van der Waals surface area contributed by atoms with Crippen LogP contribution in [0.25, 0.3) is 0 Å². The average molecular weight is 194 g/mol. The van der Waals surface area contributed by atoms with Gasteiger partial charge in [-0.15, -0.1) is 0 Å². The van der Waals surface area contributed by atoms with Gasteiger partial charge in [-0.05, 0) is 39.7 Å². The summed E-state index contributed by atoms with van der Waals surface area (Å²) in [6.07, 6.45) is 5.58. The minimum atomic E-state index is -0.201. The normalized spacial score (nSPS) is 18.8. The van der Waals surface area contributed by atoms with Gasteiger partial charge >= 0.3 is 0 Å². The fourth-order valence-electron chi connectivity index (χ4n) is 2.41. The van der Waals surface area contributed by atoms with E-state index in [9.17, 15) is 0 Å². The Morgan fingerprint density at radius 2 is 1.93 bits per heavy atom. The van der Waals surface area contributed by atoms with Gasteiger partial charge in [-0.25, -0.2) is 0 Å². The van der Waals surface area contributed by atoms with Gasteiger partial charge in [0.1, 0.15) is 0 Å². The lowest BCUT2D eigenvalue weighted by atomic mass is 9.95. The Labute approximate surface area is 87.9 Å². The molecule has 0 bridgehead atoms. The standard InChI is InChI=1S/C12H22N2/c1-12(2,9-13)10-14(3)8-11-6-4-5-7-11/h11H,4-8,10H2,1-3H3. The van der Waals surface area contributed by atoms with Crippen LogP contribution in [0.5, 0.6) is 0 Å². The molecule has 1 aliphatic rings. The first-order valence-electron chi connectivity index (χ1n) is 5.63. The van der Waals surface area contributed by atoms with E-state index < -0.39 is 0 Å². The number of nitriles is 1.